The van der Waals surface area contributed by atoms with E-state index in [0.717, 1.165) is 5.56 Å². The van der Waals surface area contributed by atoms with Gasteiger partial charge in [0.1, 0.15) is 12.4 Å². The highest BCUT2D eigenvalue weighted by Crippen LogP contribution is 2.31. The lowest BCUT2D eigenvalue weighted by Gasteiger charge is -2.13. The molecule has 1 aromatic heterocycles. The van der Waals surface area contributed by atoms with Crippen LogP contribution in [0.15, 0.2) is 47.6 Å². The van der Waals surface area contributed by atoms with Crippen molar-refractivity contribution in [2.45, 2.75) is 24.4 Å². The molecule has 2 N–H and O–H groups in total. The highest BCUT2D eigenvalue weighted by atomic mass is 35.5. The first-order valence-corrected chi connectivity index (χ1v) is 11.6. The van der Waals surface area contributed by atoms with E-state index in [1.165, 1.54) is 23.9 Å². The molecule has 0 aliphatic heterocycles. The number of hydrogen-bond acceptors (Lipinski definition) is 6. The maximum Gasteiger partial charge on any atom is 0.325 e. The van der Waals surface area contributed by atoms with Crippen LogP contribution in [0, 0.1) is 5.82 Å². The van der Waals surface area contributed by atoms with E-state index in [1.807, 2.05) is 0 Å². The van der Waals surface area contributed by atoms with E-state index in [2.05, 4.69) is 20.8 Å². The molecule has 3 rings (SSSR count). The van der Waals surface area contributed by atoms with Crippen LogP contribution in [0.1, 0.15) is 18.3 Å². The Balaban J connectivity index is 1.78. The van der Waals surface area contributed by atoms with Crippen molar-refractivity contribution in [3.8, 4) is 5.69 Å². The van der Waals surface area contributed by atoms with Crippen LogP contribution in [0.4, 0.5) is 9.18 Å². The fourth-order valence-corrected chi connectivity index (χ4v) is 4.01. The topological polar surface area (TPSA) is 98.1 Å². The number of amides is 2. The van der Waals surface area contributed by atoms with Gasteiger partial charge in [-0.05, 0) is 42.8 Å². The fraction of sp³-hybridized carbons (Fsp3) is 0.238. The summed E-state index contributed by atoms with van der Waals surface area (Å²) in [5.74, 6) is 0.0459. The number of nitrogens with one attached hydrogen (secondary N) is 2. The molecular weight excluding hydrogens is 492 g/mol. The third kappa shape index (κ3) is 7.08. The van der Waals surface area contributed by atoms with Gasteiger partial charge in [0.2, 0.25) is 0 Å². The number of esters is 1. The van der Waals surface area contributed by atoms with Gasteiger partial charge in [0.25, 0.3) is 0 Å². The van der Waals surface area contributed by atoms with E-state index in [-0.39, 0.29) is 25.5 Å². The first-order chi connectivity index (χ1) is 15.9. The van der Waals surface area contributed by atoms with Crippen molar-refractivity contribution in [3.05, 3.63) is 69.7 Å². The molecule has 0 aliphatic carbocycles. The summed E-state index contributed by atoms with van der Waals surface area (Å²) < 4.78 is 19.6. The minimum atomic E-state index is -0.574. The van der Waals surface area contributed by atoms with Gasteiger partial charge in [0.15, 0.2) is 11.0 Å². The molecule has 8 nitrogen and oxygen atoms in total. The Bertz CT molecular complexity index is 1130. The molecule has 0 bridgehead atoms. The Hall–Kier alpha value is -2.82. The molecule has 33 heavy (non-hydrogen) atoms. The summed E-state index contributed by atoms with van der Waals surface area (Å²) in [6.07, 6.45) is 0. The third-order valence-corrected chi connectivity index (χ3v) is 5.79. The molecule has 0 saturated carbocycles. The minimum Gasteiger partial charge on any atom is -0.465 e. The molecule has 2 amide bonds. The monoisotopic (exact) mass is 511 g/mol. The van der Waals surface area contributed by atoms with E-state index in [0.29, 0.717) is 32.5 Å². The number of nitrogens with zero attached hydrogens (tertiary/aromatic N) is 3. The van der Waals surface area contributed by atoms with Crippen LogP contribution in [-0.4, -0.2) is 39.9 Å². The van der Waals surface area contributed by atoms with E-state index in [1.54, 1.807) is 41.8 Å². The Morgan fingerprint density at radius 2 is 1.88 bits per heavy atom. The first-order valence-electron chi connectivity index (χ1n) is 9.81. The lowest BCUT2D eigenvalue weighted by molar-refractivity contribution is -0.141. The predicted octanol–water partition coefficient (Wildman–Crippen LogP) is 4.37. The summed E-state index contributed by atoms with van der Waals surface area (Å²) in [7, 11) is 0. The van der Waals surface area contributed by atoms with E-state index in [4.69, 9.17) is 27.9 Å². The molecule has 0 saturated heterocycles. The highest BCUT2D eigenvalue weighted by molar-refractivity contribution is 7.98. The van der Waals surface area contributed by atoms with Gasteiger partial charge in [0.05, 0.1) is 23.9 Å². The molecule has 174 valence electrons. The summed E-state index contributed by atoms with van der Waals surface area (Å²) in [6.45, 7) is 1.65. The average molecular weight is 512 g/mol. The van der Waals surface area contributed by atoms with Crippen LogP contribution in [0.5, 0.6) is 0 Å². The zero-order valence-electron chi connectivity index (χ0n) is 17.5. The number of urea groups is 1. The van der Waals surface area contributed by atoms with Crippen molar-refractivity contribution in [1.29, 1.82) is 0 Å². The van der Waals surface area contributed by atoms with E-state index < -0.39 is 12.0 Å². The van der Waals surface area contributed by atoms with Crippen molar-refractivity contribution in [2.75, 3.05) is 13.2 Å². The number of rotatable bonds is 9. The van der Waals surface area contributed by atoms with Crippen molar-refractivity contribution in [2.24, 2.45) is 0 Å². The van der Waals surface area contributed by atoms with Crippen LogP contribution in [-0.2, 0) is 21.8 Å². The SMILES string of the molecule is CCOC(=O)CNC(=O)NCc1nnc(SCc2ccc(F)cc2)n1-c1cc(Cl)ccc1Cl. The summed E-state index contributed by atoms with van der Waals surface area (Å²) in [4.78, 5) is 23.5. The van der Waals surface area contributed by atoms with Gasteiger partial charge in [-0.15, -0.1) is 10.2 Å². The van der Waals surface area contributed by atoms with Crippen LogP contribution in [0.3, 0.4) is 0 Å². The van der Waals surface area contributed by atoms with Crippen LogP contribution < -0.4 is 10.6 Å². The van der Waals surface area contributed by atoms with Gasteiger partial charge in [-0.1, -0.05) is 47.1 Å². The molecule has 3 aromatic rings. The van der Waals surface area contributed by atoms with Crippen LogP contribution >= 0.6 is 35.0 Å². The molecule has 1 heterocycles. The molecule has 0 aliphatic rings. The van der Waals surface area contributed by atoms with Gasteiger partial charge >= 0.3 is 12.0 Å². The molecule has 12 heteroatoms. The normalized spacial score (nSPS) is 10.7. The molecule has 0 unspecified atom stereocenters. The number of halogens is 3. The predicted molar refractivity (Wildman–Crippen MR) is 124 cm³/mol. The number of benzene rings is 2. The van der Waals surface area contributed by atoms with Crippen molar-refractivity contribution >= 4 is 47.0 Å². The third-order valence-electron chi connectivity index (χ3n) is 4.24. The molecule has 0 radical (unpaired) electrons. The van der Waals surface area contributed by atoms with Gasteiger partial charge < -0.3 is 15.4 Å². The zero-order valence-corrected chi connectivity index (χ0v) is 19.8. The van der Waals surface area contributed by atoms with Crippen LogP contribution in [0.2, 0.25) is 10.0 Å². The lowest BCUT2D eigenvalue weighted by atomic mass is 10.2. The first kappa shape index (κ1) is 24.8. The molecule has 0 fully saturated rings. The smallest absolute Gasteiger partial charge is 0.325 e. The van der Waals surface area contributed by atoms with Crippen molar-refractivity contribution in [3.63, 3.8) is 0 Å². The molecule has 0 spiro atoms. The standard InChI is InChI=1S/C21H20Cl2FN5O3S/c1-2-32-19(30)11-26-20(31)25-10-18-27-28-21(33-12-13-3-6-15(24)7-4-13)29(18)17-9-14(22)5-8-16(17)23/h3-9H,2,10-12H2,1H3,(H2,25,26,31). The summed E-state index contributed by atoms with van der Waals surface area (Å²) in [5, 5.41) is 14.8. The molecule has 0 atom stereocenters. The second kappa shape index (κ2) is 11.9. The largest absolute Gasteiger partial charge is 0.465 e. The molecular formula is C21H20Cl2FN5O3S. The summed E-state index contributed by atoms with van der Waals surface area (Å²) >= 11 is 13.9. The zero-order chi connectivity index (χ0) is 23.8. The highest BCUT2D eigenvalue weighted by Gasteiger charge is 2.18. The maximum absolute atomic E-state index is 13.2. The Morgan fingerprint density at radius 1 is 1.12 bits per heavy atom. The second-order valence-electron chi connectivity index (χ2n) is 6.59. The number of carbonyl (C=O) groups excluding carboxylic acids is 2. The quantitative estimate of drug-likeness (QED) is 0.327. The Labute approximate surface area is 203 Å². The van der Waals surface area contributed by atoms with Crippen LogP contribution in [0.25, 0.3) is 5.69 Å². The number of thioether (sulfide) groups is 1. The summed E-state index contributed by atoms with van der Waals surface area (Å²) in [6, 6.07) is 10.5. The second-order valence-corrected chi connectivity index (χ2v) is 8.37. The maximum atomic E-state index is 13.2. The van der Waals surface area contributed by atoms with Gasteiger partial charge in [-0.2, -0.15) is 0 Å². The minimum absolute atomic E-state index is 0.00160. The van der Waals surface area contributed by atoms with E-state index in [9.17, 15) is 14.0 Å². The van der Waals surface area contributed by atoms with Gasteiger partial charge in [0, 0.05) is 10.8 Å². The molecule has 2 aromatic carbocycles. The van der Waals surface area contributed by atoms with Gasteiger partial charge in [-0.3, -0.25) is 9.36 Å². The van der Waals surface area contributed by atoms with Crippen molar-refractivity contribution < 1.29 is 18.7 Å². The number of hydrogen-bond donors (Lipinski definition) is 2. The number of carbonyl (C=O) groups is 2. The van der Waals surface area contributed by atoms with E-state index >= 15 is 0 Å². The Morgan fingerprint density at radius 3 is 2.61 bits per heavy atom. The lowest BCUT2D eigenvalue weighted by Crippen LogP contribution is -2.39. The number of aromatic nitrogens is 3. The summed E-state index contributed by atoms with van der Waals surface area (Å²) in [5.41, 5.74) is 1.44. The van der Waals surface area contributed by atoms with Gasteiger partial charge in [-0.25, -0.2) is 9.18 Å². The number of ether oxygens (including phenoxy) is 1. The Kier molecular flexibility index (Phi) is 8.93. The average Bonchev–Trinajstić information content (AvgIpc) is 3.20. The fourth-order valence-electron chi connectivity index (χ4n) is 2.72. The van der Waals surface area contributed by atoms with Crippen molar-refractivity contribution in [1.82, 2.24) is 25.4 Å².